The van der Waals surface area contributed by atoms with Gasteiger partial charge in [-0.2, -0.15) is 4.31 Å². The van der Waals surface area contributed by atoms with Crippen LogP contribution < -0.4 is 0 Å². The highest BCUT2D eigenvalue weighted by Crippen LogP contribution is 2.20. The molecule has 33 heavy (non-hydrogen) atoms. The van der Waals surface area contributed by atoms with Gasteiger partial charge in [0.15, 0.2) is 0 Å². The summed E-state index contributed by atoms with van der Waals surface area (Å²) < 4.78 is 28.1. The maximum absolute atomic E-state index is 13.3. The highest BCUT2D eigenvalue weighted by molar-refractivity contribution is 7.89. The number of sulfonamides is 1. The molecule has 0 spiro atoms. The van der Waals surface area contributed by atoms with Crippen LogP contribution in [0.5, 0.6) is 0 Å². The Balaban J connectivity index is 1.41. The van der Waals surface area contributed by atoms with Crippen LogP contribution >= 0.6 is 0 Å². The molecule has 0 saturated carbocycles. The van der Waals surface area contributed by atoms with Crippen molar-refractivity contribution in [3.05, 3.63) is 102 Å². The molecule has 7 heteroatoms. The van der Waals surface area contributed by atoms with E-state index in [9.17, 15) is 13.2 Å². The second-order valence-corrected chi connectivity index (χ2v) is 10.3. The fraction of sp³-hybridized carbons (Fsp3) is 0.269. The summed E-state index contributed by atoms with van der Waals surface area (Å²) in [6, 6.07) is 26.3. The van der Waals surface area contributed by atoms with E-state index in [1.807, 2.05) is 48.5 Å². The number of piperazine rings is 1. The number of amides is 1. The van der Waals surface area contributed by atoms with Crippen LogP contribution in [0.15, 0.2) is 89.8 Å². The van der Waals surface area contributed by atoms with Gasteiger partial charge in [-0.1, -0.05) is 66.7 Å². The van der Waals surface area contributed by atoms with Gasteiger partial charge in [0.05, 0.1) is 4.90 Å². The molecule has 3 aromatic carbocycles. The van der Waals surface area contributed by atoms with Crippen LogP contribution in [0.25, 0.3) is 0 Å². The van der Waals surface area contributed by atoms with Gasteiger partial charge in [-0.3, -0.25) is 9.69 Å². The molecule has 1 fully saturated rings. The molecule has 1 heterocycles. The Bertz CT molecular complexity index is 1180. The predicted octanol–water partition coefficient (Wildman–Crippen LogP) is 3.47. The Hall–Kier alpha value is -3.00. The number of hydrogen-bond donors (Lipinski definition) is 0. The van der Waals surface area contributed by atoms with Crippen molar-refractivity contribution in [3.63, 3.8) is 0 Å². The van der Waals surface area contributed by atoms with E-state index in [1.54, 1.807) is 30.1 Å². The Morgan fingerprint density at radius 2 is 1.42 bits per heavy atom. The minimum atomic E-state index is -3.66. The fourth-order valence-corrected chi connectivity index (χ4v) is 5.53. The van der Waals surface area contributed by atoms with Crippen LogP contribution in [0, 0.1) is 0 Å². The molecule has 1 aliphatic heterocycles. The Morgan fingerprint density at radius 1 is 0.818 bits per heavy atom. The minimum absolute atomic E-state index is 0.165. The Labute approximate surface area is 196 Å². The van der Waals surface area contributed by atoms with Crippen LogP contribution in [0.1, 0.15) is 21.5 Å². The van der Waals surface area contributed by atoms with Crippen molar-refractivity contribution in [3.8, 4) is 0 Å². The third-order valence-corrected chi connectivity index (χ3v) is 7.80. The number of rotatable bonds is 7. The zero-order chi connectivity index (χ0) is 23.3. The molecule has 0 bridgehead atoms. The van der Waals surface area contributed by atoms with E-state index in [2.05, 4.69) is 17.0 Å². The number of carbonyl (C=O) groups excluding carboxylic acids is 1. The average Bonchev–Trinajstić information content (AvgIpc) is 2.85. The van der Waals surface area contributed by atoms with Gasteiger partial charge in [0.25, 0.3) is 5.91 Å². The SMILES string of the molecule is CN(Cc1ccccc1)C(=O)c1cccc(S(=O)(=O)N2CCN(Cc3ccccc3)CC2)c1. The monoisotopic (exact) mass is 463 g/mol. The Morgan fingerprint density at radius 3 is 2.06 bits per heavy atom. The van der Waals surface area contributed by atoms with Crippen molar-refractivity contribution < 1.29 is 13.2 Å². The molecule has 0 radical (unpaired) electrons. The van der Waals surface area contributed by atoms with E-state index < -0.39 is 10.0 Å². The van der Waals surface area contributed by atoms with Crippen molar-refractivity contribution in [2.75, 3.05) is 33.2 Å². The topological polar surface area (TPSA) is 60.9 Å². The lowest BCUT2D eigenvalue weighted by molar-refractivity contribution is 0.0785. The summed E-state index contributed by atoms with van der Waals surface area (Å²) in [5.41, 5.74) is 2.61. The van der Waals surface area contributed by atoms with Crippen molar-refractivity contribution >= 4 is 15.9 Å². The molecule has 172 valence electrons. The number of benzene rings is 3. The summed E-state index contributed by atoms with van der Waals surface area (Å²) in [5, 5.41) is 0. The first-order valence-electron chi connectivity index (χ1n) is 11.1. The largest absolute Gasteiger partial charge is 0.337 e. The molecule has 0 aromatic heterocycles. The lowest BCUT2D eigenvalue weighted by atomic mass is 10.1. The van der Waals surface area contributed by atoms with E-state index in [-0.39, 0.29) is 10.8 Å². The van der Waals surface area contributed by atoms with Crippen LogP contribution in [-0.4, -0.2) is 61.7 Å². The standard InChI is InChI=1S/C26H29N3O3S/c1-27(20-22-9-4-2-5-10-22)26(30)24-13-8-14-25(19-24)33(31,32)29-17-15-28(16-18-29)21-23-11-6-3-7-12-23/h2-14,19H,15-18,20-21H2,1H3. The summed E-state index contributed by atoms with van der Waals surface area (Å²) in [6.07, 6.45) is 0. The molecule has 1 saturated heterocycles. The van der Waals surface area contributed by atoms with E-state index in [4.69, 9.17) is 0 Å². The van der Waals surface area contributed by atoms with E-state index >= 15 is 0 Å². The second-order valence-electron chi connectivity index (χ2n) is 8.34. The average molecular weight is 464 g/mol. The van der Waals surface area contributed by atoms with Crippen LogP contribution in [0.2, 0.25) is 0 Å². The summed E-state index contributed by atoms with van der Waals surface area (Å²) in [5.74, 6) is -0.205. The smallest absolute Gasteiger partial charge is 0.253 e. The first-order valence-corrected chi connectivity index (χ1v) is 12.5. The van der Waals surface area contributed by atoms with Crippen molar-refractivity contribution in [1.82, 2.24) is 14.1 Å². The molecule has 3 aromatic rings. The van der Waals surface area contributed by atoms with Gasteiger partial charge in [0.2, 0.25) is 10.0 Å². The molecular formula is C26H29N3O3S. The summed E-state index contributed by atoms with van der Waals surface area (Å²) >= 11 is 0. The lowest BCUT2D eigenvalue weighted by Crippen LogP contribution is -2.48. The van der Waals surface area contributed by atoms with Crippen molar-refractivity contribution in [2.45, 2.75) is 18.0 Å². The van der Waals surface area contributed by atoms with Gasteiger partial charge < -0.3 is 4.90 Å². The molecule has 6 nitrogen and oxygen atoms in total. The zero-order valence-electron chi connectivity index (χ0n) is 18.8. The van der Waals surface area contributed by atoms with Crippen molar-refractivity contribution in [1.29, 1.82) is 0 Å². The van der Waals surface area contributed by atoms with Crippen LogP contribution in [-0.2, 0) is 23.1 Å². The van der Waals surface area contributed by atoms with Crippen LogP contribution in [0.3, 0.4) is 0 Å². The molecule has 1 amide bonds. The van der Waals surface area contributed by atoms with Gasteiger partial charge in [-0.15, -0.1) is 0 Å². The van der Waals surface area contributed by atoms with Crippen LogP contribution in [0.4, 0.5) is 0 Å². The summed E-state index contributed by atoms with van der Waals surface area (Å²) in [6.45, 7) is 3.48. The Kier molecular flexibility index (Phi) is 7.23. The minimum Gasteiger partial charge on any atom is -0.337 e. The number of hydrogen-bond acceptors (Lipinski definition) is 4. The molecule has 0 N–H and O–H groups in total. The van der Waals surface area contributed by atoms with Gasteiger partial charge >= 0.3 is 0 Å². The lowest BCUT2D eigenvalue weighted by Gasteiger charge is -2.34. The predicted molar refractivity (Wildman–Crippen MR) is 129 cm³/mol. The first kappa shape index (κ1) is 23.2. The first-order chi connectivity index (χ1) is 15.9. The summed E-state index contributed by atoms with van der Waals surface area (Å²) in [7, 11) is -1.94. The van der Waals surface area contributed by atoms with Gasteiger partial charge in [0.1, 0.15) is 0 Å². The molecule has 0 unspecified atom stereocenters. The van der Waals surface area contributed by atoms with Gasteiger partial charge in [-0.05, 0) is 29.3 Å². The van der Waals surface area contributed by atoms with E-state index in [0.717, 1.165) is 12.1 Å². The molecular weight excluding hydrogens is 434 g/mol. The second kappa shape index (κ2) is 10.3. The zero-order valence-corrected chi connectivity index (χ0v) is 19.6. The number of carbonyl (C=O) groups is 1. The van der Waals surface area contributed by atoms with E-state index in [0.29, 0.717) is 38.3 Å². The highest BCUT2D eigenvalue weighted by atomic mass is 32.2. The maximum atomic E-state index is 13.3. The third kappa shape index (κ3) is 5.68. The molecule has 0 atom stereocenters. The fourth-order valence-electron chi connectivity index (χ4n) is 4.06. The molecule has 4 rings (SSSR count). The maximum Gasteiger partial charge on any atom is 0.253 e. The normalized spacial score (nSPS) is 15.3. The van der Waals surface area contributed by atoms with Crippen molar-refractivity contribution in [2.24, 2.45) is 0 Å². The third-order valence-electron chi connectivity index (χ3n) is 5.91. The van der Waals surface area contributed by atoms with E-state index in [1.165, 1.54) is 15.9 Å². The van der Waals surface area contributed by atoms with Gasteiger partial charge in [-0.25, -0.2) is 8.42 Å². The quantitative estimate of drug-likeness (QED) is 0.538. The molecule has 1 aliphatic rings. The molecule has 0 aliphatic carbocycles. The highest BCUT2D eigenvalue weighted by Gasteiger charge is 2.29. The van der Waals surface area contributed by atoms with Gasteiger partial charge in [0, 0.05) is 51.9 Å². The number of nitrogens with zero attached hydrogens (tertiary/aromatic N) is 3. The summed E-state index contributed by atoms with van der Waals surface area (Å²) in [4.78, 5) is 17.0.